The maximum atomic E-state index is 14.7. The van der Waals surface area contributed by atoms with E-state index in [1.807, 2.05) is 0 Å². The van der Waals surface area contributed by atoms with Gasteiger partial charge >= 0.3 is 5.97 Å². The zero-order valence-corrected chi connectivity index (χ0v) is 35.3. The van der Waals surface area contributed by atoms with Gasteiger partial charge in [0.1, 0.15) is 53.9 Å². The highest BCUT2D eigenvalue weighted by Crippen LogP contribution is 2.20. The van der Waals surface area contributed by atoms with Crippen LogP contribution in [-0.4, -0.2) is 130 Å². The lowest BCUT2D eigenvalue weighted by Crippen LogP contribution is -2.60. The van der Waals surface area contributed by atoms with Crippen LogP contribution in [0, 0.1) is 23.5 Å². The molecule has 0 bridgehead atoms. The molecule has 7 atom stereocenters. The predicted octanol–water partition coefficient (Wildman–Crippen LogP) is -2.65. The Hall–Kier alpha value is -5.97. The number of carboxylic acid groups (broad SMARTS) is 1. The summed E-state index contributed by atoms with van der Waals surface area (Å²) >= 11 is 0. The third-order valence-corrected chi connectivity index (χ3v) is 9.74. The zero-order valence-electron chi connectivity index (χ0n) is 35.3. The van der Waals surface area contributed by atoms with Crippen molar-refractivity contribution in [3.63, 3.8) is 0 Å². The van der Waals surface area contributed by atoms with E-state index in [-0.39, 0.29) is 63.0 Å². The molecule has 2 rings (SSSR count). The minimum Gasteiger partial charge on any atom is -0.480 e. The van der Waals surface area contributed by atoms with E-state index in [1.54, 1.807) is 27.7 Å². The molecular weight excluding hydrogens is 820 g/mol. The van der Waals surface area contributed by atoms with E-state index in [0.29, 0.717) is 6.42 Å². The minimum atomic E-state index is -1.69. The number of carboxylic acids is 1. The number of guanidine groups is 1. The first-order valence-corrected chi connectivity index (χ1v) is 20.2. The minimum absolute atomic E-state index is 0.000865. The first-order valence-electron chi connectivity index (χ1n) is 20.2. The van der Waals surface area contributed by atoms with Crippen LogP contribution in [0.4, 0.5) is 8.78 Å². The molecule has 1 aliphatic rings. The van der Waals surface area contributed by atoms with Crippen molar-refractivity contribution in [1.82, 2.24) is 31.5 Å². The van der Waals surface area contributed by atoms with Crippen molar-refractivity contribution < 1.29 is 57.4 Å². The highest BCUT2D eigenvalue weighted by Gasteiger charge is 2.39. The number of hydrogen-bond donors (Lipinski definition) is 11. The van der Waals surface area contributed by atoms with Gasteiger partial charge in [0.2, 0.25) is 41.4 Å². The molecule has 0 unspecified atom stereocenters. The lowest BCUT2D eigenvalue weighted by molar-refractivity contribution is -0.149. The SMILES string of the molecule is CC(C)C[C@H](NC(=O)[C@H](CC(C)C)NC(=O)[C@H](Cc1c(F)cccc1F)NC(=O)[C@@H](N)CO)C(=O)N[C@@H](CCCN=C(N)N)C(=O)N[C@@H](CC(N)=O)C(=O)N1CCC[C@H]1C(=O)O. The fourth-order valence-corrected chi connectivity index (χ4v) is 6.66. The fourth-order valence-electron chi connectivity index (χ4n) is 6.66. The van der Waals surface area contributed by atoms with E-state index in [4.69, 9.17) is 22.9 Å². The van der Waals surface area contributed by atoms with Gasteiger partial charge in [0, 0.05) is 25.1 Å². The molecule has 7 amide bonds. The van der Waals surface area contributed by atoms with Crippen molar-refractivity contribution in [2.75, 3.05) is 19.7 Å². The van der Waals surface area contributed by atoms with E-state index in [1.165, 1.54) is 0 Å². The van der Waals surface area contributed by atoms with Gasteiger partial charge < -0.3 is 64.6 Å². The van der Waals surface area contributed by atoms with Crippen LogP contribution in [0.5, 0.6) is 0 Å². The van der Waals surface area contributed by atoms with Gasteiger partial charge in [0.25, 0.3) is 0 Å². The summed E-state index contributed by atoms with van der Waals surface area (Å²) in [6.45, 7) is 6.19. The molecule has 0 aliphatic carbocycles. The molecule has 1 aliphatic heterocycles. The summed E-state index contributed by atoms with van der Waals surface area (Å²) in [5.74, 6) is -10.7. The van der Waals surface area contributed by atoms with Gasteiger partial charge in [-0.05, 0) is 62.5 Å². The number of amides is 7. The second-order valence-electron chi connectivity index (χ2n) is 15.9. The summed E-state index contributed by atoms with van der Waals surface area (Å²) in [7, 11) is 0. The number of likely N-dealkylation sites (tertiary alicyclic amines) is 1. The Morgan fingerprint density at radius 1 is 0.774 bits per heavy atom. The van der Waals surface area contributed by atoms with Crippen LogP contribution in [0.15, 0.2) is 23.2 Å². The molecule has 0 aromatic heterocycles. The summed E-state index contributed by atoms with van der Waals surface area (Å²) in [6, 6.07) is -7.14. The summed E-state index contributed by atoms with van der Waals surface area (Å²) in [5, 5.41) is 31.4. The van der Waals surface area contributed by atoms with Gasteiger partial charge in [-0.2, -0.15) is 0 Å². The summed E-state index contributed by atoms with van der Waals surface area (Å²) < 4.78 is 29.4. The molecule has 0 radical (unpaired) electrons. The van der Waals surface area contributed by atoms with Crippen LogP contribution in [0.2, 0.25) is 0 Å². The van der Waals surface area contributed by atoms with Crippen molar-refractivity contribution in [1.29, 1.82) is 0 Å². The highest BCUT2D eigenvalue weighted by atomic mass is 19.1. The van der Waals surface area contributed by atoms with Crippen LogP contribution in [-0.2, 0) is 44.8 Å². The number of carbonyl (C=O) groups is 8. The molecule has 346 valence electrons. The first-order chi connectivity index (χ1) is 29.0. The number of nitrogens with two attached hydrogens (primary N) is 4. The number of aliphatic hydroxyl groups is 1. The van der Waals surface area contributed by atoms with Crippen molar-refractivity contribution in [3.05, 3.63) is 35.4 Å². The van der Waals surface area contributed by atoms with Crippen LogP contribution >= 0.6 is 0 Å². The van der Waals surface area contributed by atoms with Gasteiger partial charge in [-0.1, -0.05) is 33.8 Å². The molecular formula is C39H61F2N11O10. The highest BCUT2D eigenvalue weighted by molar-refractivity contribution is 5.98. The van der Waals surface area contributed by atoms with E-state index in [0.717, 1.165) is 23.1 Å². The first kappa shape index (κ1) is 52.2. The number of aliphatic carboxylic acids is 1. The lowest BCUT2D eigenvalue weighted by atomic mass is 9.98. The Morgan fingerprint density at radius 3 is 1.74 bits per heavy atom. The van der Waals surface area contributed by atoms with E-state index in [2.05, 4.69) is 31.6 Å². The average Bonchev–Trinajstić information content (AvgIpc) is 3.68. The topological polar surface area (TPSA) is 357 Å². The summed E-state index contributed by atoms with van der Waals surface area (Å²) in [4.78, 5) is 110. The largest absolute Gasteiger partial charge is 0.480 e. The molecule has 1 saturated heterocycles. The van der Waals surface area contributed by atoms with Crippen molar-refractivity contribution >= 4 is 53.3 Å². The Bertz CT molecular complexity index is 1780. The van der Waals surface area contributed by atoms with Crippen molar-refractivity contribution in [2.24, 2.45) is 39.8 Å². The number of hydrogen-bond acceptors (Lipinski definition) is 11. The molecule has 1 aromatic rings. The average molecular weight is 882 g/mol. The van der Waals surface area contributed by atoms with Crippen LogP contribution < -0.4 is 49.5 Å². The molecule has 1 aromatic carbocycles. The normalized spacial score (nSPS) is 16.5. The number of nitrogens with zero attached hydrogens (tertiary/aromatic N) is 2. The molecule has 0 saturated carbocycles. The van der Waals surface area contributed by atoms with Gasteiger partial charge in [0.15, 0.2) is 5.96 Å². The molecule has 62 heavy (non-hydrogen) atoms. The van der Waals surface area contributed by atoms with E-state index < -0.39 is 126 Å². The smallest absolute Gasteiger partial charge is 0.326 e. The number of halogens is 2. The number of primary amides is 1. The predicted molar refractivity (Wildman–Crippen MR) is 220 cm³/mol. The molecule has 0 spiro atoms. The van der Waals surface area contributed by atoms with E-state index >= 15 is 0 Å². The van der Waals surface area contributed by atoms with Crippen LogP contribution in [0.1, 0.15) is 78.2 Å². The molecule has 23 heteroatoms. The molecule has 15 N–H and O–H groups in total. The summed E-state index contributed by atoms with van der Waals surface area (Å²) in [6.07, 6.45) is -0.931. The fraction of sp³-hybridized carbons (Fsp3) is 0.615. The Kier molecular flexibility index (Phi) is 21.1. The van der Waals surface area contributed by atoms with Crippen molar-refractivity contribution in [3.8, 4) is 0 Å². The lowest BCUT2D eigenvalue weighted by Gasteiger charge is -2.29. The van der Waals surface area contributed by atoms with Gasteiger partial charge in [0.05, 0.1) is 13.0 Å². The van der Waals surface area contributed by atoms with Gasteiger partial charge in [-0.15, -0.1) is 0 Å². The Labute approximate surface area is 357 Å². The third-order valence-electron chi connectivity index (χ3n) is 9.74. The van der Waals surface area contributed by atoms with Crippen LogP contribution in [0.3, 0.4) is 0 Å². The third kappa shape index (κ3) is 16.8. The number of nitrogens with one attached hydrogen (secondary N) is 5. The number of carbonyl (C=O) groups excluding carboxylic acids is 7. The monoisotopic (exact) mass is 881 g/mol. The maximum absolute atomic E-state index is 14.7. The molecule has 1 heterocycles. The molecule has 21 nitrogen and oxygen atoms in total. The number of aliphatic imine (C=N–C) groups is 1. The Morgan fingerprint density at radius 2 is 1.26 bits per heavy atom. The van der Waals surface area contributed by atoms with E-state index in [9.17, 15) is 57.4 Å². The summed E-state index contributed by atoms with van der Waals surface area (Å²) in [5.41, 5.74) is 21.3. The van der Waals surface area contributed by atoms with Crippen LogP contribution in [0.25, 0.3) is 0 Å². The second kappa shape index (κ2) is 25.1. The quantitative estimate of drug-likeness (QED) is 0.0272. The van der Waals surface area contributed by atoms with Gasteiger partial charge in [-0.3, -0.25) is 38.6 Å². The number of benzene rings is 1. The number of rotatable bonds is 25. The molecule has 1 fully saturated rings. The van der Waals surface area contributed by atoms with Crippen molar-refractivity contribution in [2.45, 2.75) is 121 Å². The standard InChI is InChI=1S/C39H61F2N11O10/c1-19(2)14-26(49-35(58)27(15-20(3)4)50-36(59)28(48-32(55)24(42)18-53)16-21-22(40)8-5-9-23(21)41)34(57)47-25(10-6-12-46-39(44)45)33(56)51-29(17-31(43)54)37(60)52-13-7-11-30(52)38(61)62/h5,8-9,19-20,24-30,53H,6-7,10-18,42H2,1-4H3,(H2,43,54)(H,47,57)(H,48,55)(H,49,58)(H,50,59)(H,51,56)(H,61,62)(H4,44,45,46)/t24-,25-,26-,27-,28-,29-,30-/m0/s1. The zero-order chi connectivity index (χ0) is 46.8. The maximum Gasteiger partial charge on any atom is 0.326 e. The Balaban J connectivity index is 2.43. The second-order valence-corrected chi connectivity index (χ2v) is 15.9. The number of aliphatic hydroxyl groups excluding tert-OH is 1. The van der Waals surface area contributed by atoms with Gasteiger partial charge in [-0.25, -0.2) is 13.6 Å².